The average molecular weight is 576 g/mol. The van der Waals surface area contributed by atoms with Crippen molar-refractivity contribution >= 4 is 43.5 Å². The lowest BCUT2D eigenvalue weighted by atomic mass is 9.72. The Morgan fingerprint density at radius 1 is 0.941 bits per heavy atom. The summed E-state index contributed by atoms with van der Waals surface area (Å²) < 4.78 is 1.76. The van der Waals surface area contributed by atoms with E-state index >= 15 is 0 Å². The van der Waals surface area contributed by atoms with Gasteiger partial charge >= 0.3 is 0 Å². The second-order valence-corrected chi connectivity index (χ2v) is 10.2. The van der Waals surface area contributed by atoms with Crippen LogP contribution in [0, 0.1) is 11.3 Å². The summed E-state index contributed by atoms with van der Waals surface area (Å²) in [7, 11) is 0. The maximum absolute atomic E-state index is 13.8. The number of benzene rings is 2. The maximum atomic E-state index is 13.8. The van der Waals surface area contributed by atoms with Crippen molar-refractivity contribution in [3.63, 3.8) is 0 Å². The SMILES string of the molecule is N#CC1=C(N)N(c2ccc(Br)cn2)C2=C(C(=O)C[C@@H](c3ccccc3)C2)[C@H]1c1ccc(Br)cc1. The van der Waals surface area contributed by atoms with Crippen LogP contribution in [0.1, 0.15) is 35.8 Å². The monoisotopic (exact) mass is 574 g/mol. The summed E-state index contributed by atoms with van der Waals surface area (Å²) in [6, 6.07) is 23.8. The summed E-state index contributed by atoms with van der Waals surface area (Å²) in [5.74, 6) is 0.434. The van der Waals surface area contributed by atoms with Gasteiger partial charge in [-0.2, -0.15) is 5.26 Å². The molecule has 0 saturated heterocycles. The van der Waals surface area contributed by atoms with Gasteiger partial charge in [-0.05, 0) is 63.7 Å². The highest BCUT2D eigenvalue weighted by molar-refractivity contribution is 9.10. The molecule has 2 N–H and O–H groups in total. The Kier molecular flexibility index (Phi) is 6.11. The molecule has 1 aliphatic carbocycles. The number of ketones is 1. The number of nitrogens with two attached hydrogens (primary N) is 1. The van der Waals surface area contributed by atoms with Gasteiger partial charge in [0.1, 0.15) is 11.6 Å². The van der Waals surface area contributed by atoms with Crippen molar-refractivity contribution in [1.82, 2.24) is 4.98 Å². The van der Waals surface area contributed by atoms with Crippen molar-refractivity contribution in [2.24, 2.45) is 5.73 Å². The molecule has 5 rings (SSSR count). The first kappa shape index (κ1) is 22.6. The van der Waals surface area contributed by atoms with E-state index in [0.29, 0.717) is 35.6 Å². The molecule has 3 aromatic rings. The molecule has 1 aliphatic heterocycles. The highest BCUT2D eigenvalue weighted by Crippen LogP contribution is 2.48. The number of aromatic nitrogens is 1. The van der Waals surface area contributed by atoms with E-state index in [0.717, 1.165) is 25.8 Å². The van der Waals surface area contributed by atoms with Crippen LogP contribution in [-0.4, -0.2) is 10.8 Å². The number of anilines is 1. The molecule has 2 aromatic carbocycles. The predicted molar refractivity (Wildman–Crippen MR) is 139 cm³/mol. The van der Waals surface area contributed by atoms with Crippen LogP contribution in [0.4, 0.5) is 5.82 Å². The van der Waals surface area contributed by atoms with Crippen molar-refractivity contribution < 1.29 is 4.79 Å². The Bertz CT molecular complexity index is 1360. The van der Waals surface area contributed by atoms with Crippen molar-refractivity contribution in [3.05, 3.63) is 116 Å². The van der Waals surface area contributed by atoms with Crippen molar-refractivity contribution in [2.75, 3.05) is 4.90 Å². The zero-order valence-electron chi connectivity index (χ0n) is 18.1. The molecule has 0 amide bonds. The third-order valence-corrected chi connectivity index (χ3v) is 7.38. The number of halogens is 2. The lowest BCUT2D eigenvalue weighted by molar-refractivity contribution is -0.116. The third kappa shape index (κ3) is 3.97. The molecule has 0 unspecified atom stereocenters. The first-order valence-electron chi connectivity index (χ1n) is 10.9. The molecule has 168 valence electrons. The fourth-order valence-electron chi connectivity index (χ4n) is 4.84. The Morgan fingerprint density at radius 3 is 2.29 bits per heavy atom. The van der Waals surface area contributed by atoms with Crippen LogP contribution >= 0.6 is 31.9 Å². The van der Waals surface area contributed by atoms with E-state index < -0.39 is 5.92 Å². The second kappa shape index (κ2) is 9.21. The Labute approximate surface area is 214 Å². The van der Waals surface area contributed by atoms with Gasteiger partial charge in [0.05, 0.1) is 17.6 Å². The molecule has 0 fully saturated rings. The number of carbonyl (C=O) groups is 1. The van der Waals surface area contributed by atoms with Crippen molar-refractivity contribution in [3.8, 4) is 6.07 Å². The molecule has 1 aromatic heterocycles. The molecule has 34 heavy (non-hydrogen) atoms. The molecule has 0 saturated carbocycles. The molecule has 5 nitrogen and oxygen atoms in total. The molecule has 7 heteroatoms. The van der Waals surface area contributed by atoms with Crippen molar-refractivity contribution in [1.29, 1.82) is 5.26 Å². The quantitative estimate of drug-likeness (QED) is 0.396. The van der Waals surface area contributed by atoms with Crippen molar-refractivity contribution in [2.45, 2.75) is 24.7 Å². The minimum Gasteiger partial charge on any atom is -0.384 e. The van der Waals surface area contributed by atoms with E-state index in [1.165, 1.54) is 0 Å². The smallest absolute Gasteiger partial charge is 0.162 e. The Hall–Kier alpha value is -3.21. The first-order chi connectivity index (χ1) is 16.5. The number of pyridine rings is 1. The average Bonchev–Trinajstić information content (AvgIpc) is 2.85. The van der Waals surface area contributed by atoms with Gasteiger partial charge in [-0.1, -0.05) is 58.4 Å². The first-order valence-corrected chi connectivity index (χ1v) is 12.4. The van der Waals surface area contributed by atoms with Crippen LogP contribution < -0.4 is 10.6 Å². The van der Waals surface area contributed by atoms with E-state index in [9.17, 15) is 10.1 Å². The second-order valence-electron chi connectivity index (χ2n) is 8.36. The van der Waals surface area contributed by atoms with Crippen LogP contribution in [0.2, 0.25) is 0 Å². The fourth-order valence-corrected chi connectivity index (χ4v) is 5.34. The number of allylic oxidation sites excluding steroid dienone is 3. The van der Waals surface area contributed by atoms with Gasteiger partial charge in [0.25, 0.3) is 0 Å². The van der Waals surface area contributed by atoms with Gasteiger partial charge in [-0.15, -0.1) is 0 Å². The van der Waals surface area contributed by atoms with Crippen LogP contribution in [0.3, 0.4) is 0 Å². The highest BCUT2D eigenvalue weighted by Gasteiger charge is 2.43. The Morgan fingerprint density at radius 2 is 1.65 bits per heavy atom. The number of hydrogen-bond donors (Lipinski definition) is 1. The summed E-state index contributed by atoms with van der Waals surface area (Å²) in [6.07, 6.45) is 2.69. The molecular formula is C27H20Br2N4O. The van der Waals surface area contributed by atoms with Crippen LogP contribution in [0.15, 0.2) is 105 Å². The predicted octanol–water partition coefficient (Wildman–Crippen LogP) is 6.31. The van der Waals surface area contributed by atoms with E-state index in [2.05, 4.69) is 55.0 Å². The van der Waals surface area contributed by atoms with Gasteiger partial charge in [0, 0.05) is 32.8 Å². The summed E-state index contributed by atoms with van der Waals surface area (Å²) in [5.41, 5.74) is 10.4. The fraction of sp³-hybridized carbons (Fsp3) is 0.148. The zero-order valence-corrected chi connectivity index (χ0v) is 21.3. The van der Waals surface area contributed by atoms with Crippen LogP contribution in [0.25, 0.3) is 0 Å². The third-order valence-electron chi connectivity index (χ3n) is 6.38. The standard InChI is InChI=1S/C27H20Br2N4O/c28-19-8-6-17(7-9-19)25-21(14-30)27(31)33(24-11-10-20(29)15-32-24)22-12-18(13-23(34)26(22)25)16-4-2-1-3-5-16/h1-11,15,18,25H,12-13,31H2/t18-,25-/m0/s1. The summed E-state index contributed by atoms with van der Waals surface area (Å²) in [5, 5.41) is 10.2. The number of rotatable bonds is 3. The van der Waals surface area contributed by atoms with Crippen LogP contribution in [-0.2, 0) is 4.79 Å². The largest absolute Gasteiger partial charge is 0.384 e. The summed E-state index contributed by atoms with van der Waals surface area (Å²) in [6.45, 7) is 0. The highest BCUT2D eigenvalue weighted by atomic mass is 79.9. The number of nitrogens with zero attached hydrogens (tertiary/aromatic N) is 3. The number of nitriles is 1. The minimum absolute atomic E-state index is 0.0207. The molecule has 0 radical (unpaired) electrons. The normalized spacial score (nSPS) is 20.3. The van der Waals surface area contributed by atoms with Gasteiger partial charge in [0.2, 0.25) is 0 Å². The van der Waals surface area contributed by atoms with Gasteiger partial charge < -0.3 is 5.73 Å². The lowest BCUT2D eigenvalue weighted by Gasteiger charge is -2.41. The summed E-state index contributed by atoms with van der Waals surface area (Å²) >= 11 is 6.90. The number of hydrogen-bond acceptors (Lipinski definition) is 5. The number of Topliss-reactive ketones (excluding diaryl/α,β-unsaturated/α-hetero) is 1. The van der Waals surface area contributed by atoms with Gasteiger partial charge in [-0.3, -0.25) is 9.69 Å². The minimum atomic E-state index is -0.510. The topological polar surface area (TPSA) is 83.0 Å². The Balaban J connectivity index is 1.72. The van der Waals surface area contributed by atoms with Crippen LogP contribution in [0.5, 0.6) is 0 Å². The van der Waals surface area contributed by atoms with Gasteiger partial charge in [0.15, 0.2) is 5.78 Å². The van der Waals surface area contributed by atoms with E-state index in [1.807, 2.05) is 54.6 Å². The molecule has 2 heterocycles. The molecule has 2 aliphatic rings. The number of carbonyl (C=O) groups excluding carboxylic acids is 1. The molecule has 0 bridgehead atoms. The molecular weight excluding hydrogens is 556 g/mol. The molecule has 0 spiro atoms. The van der Waals surface area contributed by atoms with E-state index in [-0.39, 0.29) is 11.7 Å². The summed E-state index contributed by atoms with van der Waals surface area (Å²) in [4.78, 5) is 20.1. The van der Waals surface area contributed by atoms with Gasteiger partial charge in [-0.25, -0.2) is 4.98 Å². The van der Waals surface area contributed by atoms with E-state index in [1.54, 1.807) is 11.1 Å². The zero-order chi connectivity index (χ0) is 23.8. The molecule has 2 atom stereocenters. The maximum Gasteiger partial charge on any atom is 0.162 e. The lowest BCUT2D eigenvalue weighted by Crippen LogP contribution is -2.40. The van der Waals surface area contributed by atoms with E-state index in [4.69, 9.17) is 5.73 Å².